The minimum absolute atomic E-state index is 0.0188. The van der Waals surface area contributed by atoms with Crippen molar-refractivity contribution < 1.29 is 4.74 Å². The molecule has 0 spiro atoms. The number of aliphatic imine (C=N–C) groups is 2. The van der Waals surface area contributed by atoms with Gasteiger partial charge in [0.05, 0.1) is 28.2 Å². The third-order valence-corrected chi connectivity index (χ3v) is 10.6. The molecule has 6 aromatic carbocycles. The third-order valence-electron chi connectivity index (χ3n) is 10.6. The van der Waals surface area contributed by atoms with Crippen molar-refractivity contribution in [1.29, 1.82) is 0 Å². The fourth-order valence-electron chi connectivity index (χ4n) is 8.53. The Morgan fingerprint density at radius 2 is 1.27 bits per heavy atom. The molecule has 6 nitrogen and oxygen atoms in total. The number of aromatic nitrogens is 1. The number of fused-ring (bicyclic) bond motifs is 10. The van der Waals surface area contributed by atoms with Crippen molar-refractivity contribution in [2.24, 2.45) is 9.98 Å². The molecule has 11 rings (SSSR count). The zero-order valence-corrected chi connectivity index (χ0v) is 27.5. The van der Waals surface area contributed by atoms with Gasteiger partial charge >= 0.3 is 0 Å². The van der Waals surface area contributed by atoms with Gasteiger partial charge in [0, 0.05) is 33.3 Å². The van der Waals surface area contributed by atoms with Gasteiger partial charge in [0.15, 0.2) is 0 Å². The molecule has 3 atom stereocenters. The summed E-state index contributed by atoms with van der Waals surface area (Å²) in [5, 5.41) is 7.06. The van der Waals surface area contributed by atoms with E-state index in [1.165, 1.54) is 11.1 Å². The molecule has 0 saturated heterocycles. The van der Waals surface area contributed by atoms with Crippen molar-refractivity contribution in [1.82, 2.24) is 9.88 Å². The van der Waals surface area contributed by atoms with Crippen LogP contribution in [0.25, 0.3) is 28.0 Å². The fraction of sp³-hybridized carbons (Fsp3) is 0.0667. The predicted molar refractivity (Wildman–Crippen MR) is 204 cm³/mol. The summed E-state index contributed by atoms with van der Waals surface area (Å²) in [4.78, 5) is 13.1. The fourth-order valence-corrected chi connectivity index (χ4v) is 8.53. The molecular weight excluding hydrogens is 627 g/mol. The summed E-state index contributed by atoms with van der Waals surface area (Å²) in [5.74, 6) is 3.31. The number of nitrogens with one attached hydrogen (secondary N) is 1. The lowest BCUT2D eigenvalue weighted by atomic mass is 9.77. The van der Waals surface area contributed by atoms with Crippen LogP contribution >= 0.6 is 0 Å². The Bertz CT molecular complexity index is 2710. The van der Waals surface area contributed by atoms with Gasteiger partial charge in [0.1, 0.15) is 23.5 Å². The number of hydrogen-bond donors (Lipinski definition) is 1. The summed E-state index contributed by atoms with van der Waals surface area (Å²) in [5.41, 5.74) is 8.99. The molecule has 51 heavy (non-hydrogen) atoms. The largest absolute Gasteiger partial charge is 0.460 e. The molecule has 4 aliphatic rings. The van der Waals surface area contributed by atoms with E-state index in [-0.39, 0.29) is 18.0 Å². The van der Waals surface area contributed by atoms with Crippen molar-refractivity contribution >= 4 is 39.8 Å². The molecule has 1 aliphatic carbocycles. The second-order valence-electron chi connectivity index (χ2n) is 13.4. The van der Waals surface area contributed by atoms with Crippen LogP contribution in [0.2, 0.25) is 0 Å². The number of anilines is 1. The van der Waals surface area contributed by atoms with Crippen molar-refractivity contribution in [2.45, 2.75) is 18.0 Å². The Labute approximate surface area is 294 Å². The third kappa shape index (κ3) is 4.10. The molecule has 0 amide bonds. The van der Waals surface area contributed by atoms with Gasteiger partial charge in [0.25, 0.3) is 0 Å². The van der Waals surface area contributed by atoms with Crippen LogP contribution in [-0.4, -0.2) is 16.4 Å². The van der Waals surface area contributed by atoms with E-state index < -0.39 is 0 Å². The first-order valence-corrected chi connectivity index (χ1v) is 17.5. The second kappa shape index (κ2) is 10.9. The van der Waals surface area contributed by atoms with Crippen LogP contribution in [-0.2, 0) is 0 Å². The SMILES string of the molecule is c1ccc(C2=NC(N3C4=c5c(c6ccccc6n5-c5ccccc5)=C5Oc6ccccc6C5C4c4ccccc43)=NC(c3ccccc3)N2)cc1. The van der Waals surface area contributed by atoms with E-state index in [2.05, 4.69) is 166 Å². The highest BCUT2D eigenvalue weighted by Crippen LogP contribution is 2.58. The topological polar surface area (TPSA) is 54.2 Å². The number of nitrogens with zero attached hydrogens (tertiary/aromatic N) is 4. The van der Waals surface area contributed by atoms with Crippen LogP contribution in [0, 0.1) is 0 Å². The highest BCUT2D eigenvalue weighted by Gasteiger charge is 2.50. The number of hydrogen-bond acceptors (Lipinski definition) is 5. The number of para-hydroxylation sites is 4. The van der Waals surface area contributed by atoms with E-state index in [1.54, 1.807) is 0 Å². The first kappa shape index (κ1) is 28.2. The maximum absolute atomic E-state index is 6.95. The lowest BCUT2D eigenvalue weighted by Gasteiger charge is -2.31. The van der Waals surface area contributed by atoms with Gasteiger partial charge in [-0.1, -0.05) is 133 Å². The van der Waals surface area contributed by atoms with Crippen molar-refractivity contribution in [3.63, 3.8) is 0 Å². The predicted octanol–water partition coefficient (Wildman–Crippen LogP) is 7.75. The lowest BCUT2D eigenvalue weighted by molar-refractivity contribution is 0.502. The molecule has 3 unspecified atom stereocenters. The number of rotatable bonds is 3. The molecule has 0 saturated carbocycles. The number of ether oxygens (including phenoxy) is 1. The average molecular weight is 658 g/mol. The molecule has 0 radical (unpaired) electrons. The first-order valence-electron chi connectivity index (χ1n) is 17.5. The molecule has 1 N–H and O–H groups in total. The van der Waals surface area contributed by atoms with Crippen LogP contribution in [0.1, 0.15) is 40.3 Å². The van der Waals surface area contributed by atoms with Gasteiger partial charge < -0.3 is 14.6 Å². The smallest absolute Gasteiger partial charge is 0.234 e. The summed E-state index contributed by atoms with van der Waals surface area (Å²) < 4.78 is 9.37. The van der Waals surface area contributed by atoms with Gasteiger partial charge in [-0.25, -0.2) is 4.99 Å². The molecule has 4 heterocycles. The first-order chi connectivity index (χ1) is 25.3. The van der Waals surface area contributed by atoms with Crippen molar-refractivity contribution in [3.05, 3.63) is 197 Å². The zero-order chi connectivity index (χ0) is 33.5. The quantitative estimate of drug-likeness (QED) is 0.212. The standard InChI is InChI=1S/C45H31N5O/c1-4-16-28(17-5-1)43-46-44(29-18-6-2-7-19-29)48-45(47-43)50-35-26-14-10-22-31(35)37-38-33-24-12-15-27-36(33)51-42(38)39-32-23-11-13-25-34(32)49(41(39)40(37)50)30-20-8-3-9-21-30/h1-27,37-38,43H,(H,46,47,48). The molecular formula is C45H31N5O. The van der Waals surface area contributed by atoms with Crippen LogP contribution < -0.4 is 25.5 Å². The van der Waals surface area contributed by atoms with E-state index in [0.29, 0.717) is 5.96 Å². The molecule has 7 aromatic rings. The van der Waals surface area contributed by atoms with Crippen LogP contribution in [0.5, 0.6) is 5.75 Å². The maximum Gasteiger partial charge on any atom is 0.234 e. The average Bonchev–Trinajstić information content (AvgIpc) is 3.87. The summed E-state index contributed by atoms with van der Waals surface area (Å²) in [7, 11) is 0. The van der Waals surface area contributed by atoms with E-state index in [4.69, 9.17) is 14.7 Å². The molecule has 0 fully saturated rings. The van der Waals surface area contributed by atoms with E-state index in [0.717, 1.165) is 67.0 Å². The number of guanidine groups is 1. The van der Waals surface area contributed by atoms with Gasteiger partial charge in [-0.15, -0.1) is 0 Å². The minimum atomic E-state index is -0.332. The Kier molecular flexibility index (Phi) is 6.04. The van der Waals surface area contributed by atoms with Gasteiger partial charge in [0.2, 0.25) is 5.96 Å². The Morgan fingerprint density at radius 3 is 2.10 bits per heavy atom. The minimum Gasteiger partial charge on any atom is -0.460 e. The number of benzene rings is 6. The molecule has 0 bridgehead atoms. The second-order valence-corrected chi connectivity index (χ2v) is 13.4. The molecule has 3 aliphatic heterocycles. The van der Waals surface area contributed by atoms with Crippen LogP contribution in [0.4, 0.5) is 5.69 Å². The molecule has 6 heteroatoms. The number of amidine groups is 1. The van der Waals surface area contributed by atoms with E-state index >= 15 is 0 Å². The van der Waals surface area contributed by atoms with Gasteiger partial charge in [-0.2, -0.15) is 4.99 Å². The Morgan fingerprint density at radius 1 is 0.608 bits per heavy atom. The lowest BCUT2D eigenvalue weighted by Crippen LogP contribution is -2.46. The highest BCUT2D eigenvalue weighted by atomic mass is 16.5. The Hall–Kier alpha value is -6.66. The normalized spacial score (nSPS) is 19.6. The monoisotopic (exact) mass is 657 g/mol. The van der Waals surface area contributed by atoms with Crippen molar-refractivity contribution in [3.8, 4) is 11.4 Å². The van der Waals surface area contributed by atoms with E-state index in [1.807, 2.05) is 12.1 Å². The Balaban J connectivity index is 1.29. The maximum atomic E-state index is 6.95. The van der Waals surface area contributed by atoms with Gasteiger partial charge in [-0.05, 0) is 41.5 Å². The molecule has 242 valence electrons. The summed E-state index contributed by atoms with van der Waals surface area (Å²) in [6.07, 6.45) is -0.332. The zero-order valence-electron chi connectivity index (χ0n) is 27.5. The van der Waals surface area contributed by atoms with E-state index in [9.17, 15) is 0 Å². The van der Waals surface area contributed by atoms with Gasteiger partial charge in [-0.3, -0.25) is 4.90 Å². The van der Waals surface area contributed by atoms with Crippen LogP contribution in [0.15, 0.2) is 174 Å². The van der Waals surface area contributed by atoms with Crippen LogP contribution in [0.3, 0.4) is 0 Å². The van der Waals surface area contributed by atoms with Crippen molar-refractivity contribution in [2.75, 3.05) is 4.90 Å². The summed E-state index contributed by atoms with van der Waals surface area (Å²) in [6, 6.07) is 57.5. The molecule has 1 aromatic heterocycles. The summed E-state index contributed by atoms with van der Waals surface area (Å²) in [6.45, 7) is 0. The highest BCUT2D eigenvalue weighted by molar-refractivity contribution is 6.17. The summed E-state index contributed by atoms with van der Waals surface area (Å²) >= 11 is 0.